The Hall–Kier alpha value is -6.06. The number of hydrogen-bond acceptors (Lipinski definition) is 0. The summed E-state index contributed by atoms with van der Waals surface area (Å²) in [5.74, 6) is 0. The normalized spacial score (nSPS) is 14.1. The van der Waals surface area contributed by atoms with Crippen LogP contribution in [0.4, 0.5) is 0 Å². The van der Waals surface area contributed by atoms with Crippen LogP contribution >= 0.6 is 0 Å². The van der Waals surface area contributed by atoms with Crippen molar-refractivity contribution in [1.82, 2.24) is 13.7 Å². The SMILES string of the molecule is C1=c2c(n(-c3ccc(-c4ccccc4)cc3)c3cccc(-n4c5c(c6ccc(-n7c8ccccc8c8ccccc87)cc64)CCCC5)c23)=CCC1. The quantitative estimate of drug-likeness (QED) is 0.179. The molecular weight excluding hydrogens is 619 g/mol. The van der Waals surface area contributed by atoms with Crippen LogP contribution in [0.2, 0.25) is 0 Å². The molecule has 0 amide bonds. The van der Waals surface area contributed by atoms with Crippen LogP contribution in [0.5, 0.6) is 0 Å². The van der Waals surface area contributed by atoms with Crippen molar-refractivity contribution in [2.45, 2.75) is 38.5 Å². The molecule has 0 aliphatic heterocycles. The van der Waals surface area contributed by atoms with E-state index in [-0.39, 0.29) is 0 Å². The molecule has 0 fully saturated rings. The van der Waals surface area contributed by atoms with Crippen LogP contribution < -0.4 is 10.6 Å². The molecule has 2 aliphatic carbocycles. The summed E-state index contributed by atoms with van der Waals surface area (Å²) in [6.45, 7) is 0. The monoisotopic (exact) mass is 655 g/mol. The molecule has 3 aromatic heterocycles. The lowest BCUT2D eigenvalue weighted by Gasteiger charge is -2.17. The second-order valence-corrected chi connectivity index (χ2v) is 14.2. The predicted molar refractivity (Wildman–Crippen MR) is 214 cm³/mol. The van der Waals surface area contributed by atoms with E-state index in [2.05, 4.69) is 165 Å². The van der Waals surface area contributed by atoms with Gasteiger partial charge in [0.25, 0.3) is 0 Å². The summed E-state index contributed by atoms with van der Waals surface area (Å²) >= 11 is 0. The van der Waals surface area contributed by atoms with E-state index in [9.17, 15) is 0 Å². The van der Waals surface area contributed by atoms with Gasteiger partial charge in [0.05, 0.1) is 27.8 Å². The van der Waals surface area contributed by atoms with Gasteiger partial charge < -0.3 is 13.7 Å². The first kappa shape index (κ1) is 28.7. The van der Waals surface area contributed by atoms with Crippen molar-refractivity contribution in [1.29, 1.82) is 0 Å². The lowest BCUT2D eigenvalue weighted by Crippen LogP contribution is -2.30. The Bertz CT molecular complexity index is 2900. The second-order valence-electron chi connectivity index (χ2n) is 14.2. The largest absolute Gasteiger partial charge is 0.313 e. The van der Waals surface area contributed by atoms with Gasteiger partial charge in [0.2, 0.25) is 0 Å². The minimum absolute atomic E-state index is 1.06. The summed E-state index contributed by atoms with van der Waals surface area (Å²) in [5, 5.41) is 8.01. The average molecular weight is 656 g/mol. The molecule has 9 aromatic rings. The zero-order valence-corrected chi connectivity index (χ0v) is 28.5. The summed E-state index contributed by atoms with van der Waals surface area (Å²) in [4.78, 5) is 0. The standard InChI is InChI=1S/C48H37N3/c1-2-13-32(14-3-1)33-25-27-34(28-26-33)49-44-22-11-7-18-40(44)48-45(49)23-12-24-46(48)51-43-21-10-6-17-38(43)39-30-29-35(31-47(39)51)50-41-19-8-4-15-36(41)37-16-5-9-20-42(37)50/h1-5,8-9,12-16,18-20,22-31H,6-7,10-11,17,21H2. The Labute approximate surface area is 296 Å². The summed E-state index contributed by atoms with van der Waals surface area (Å²) in [5.41, 5.74) is 14.3. The minimum atomic E-state index is 1.06. The van der Waals surface area contributed by atoms with Gasteiger partial charge in [-0.15, -0.1) is 0 Å². The molecule has 0 unspecified atom stereocenters. The molecule has 0 saturated carbocycles. The topological polar surface area (TPSA) is 14.8 Å². The fraction of sp³-hybridized carbons (Fsp3) is 0.125. The van der Waals surface area contributed by atoms with Crippen molar-refractivity contribution in [3.63, 3.8) is 0 Å². The zero-order valence-electron chi connectivity index (χ0n) is 28.5. The van der Waals surface area contributed by atoms with Crippen LogP contribution in [-0.4, -0.2) is 13.7 Å². The van der Waals surface area contributed by atoms with E-state index >= 15 is 0 Å². The van der Waals surface area contributed by atoms with Gasteiger partial charge in [-0.05, 0) is 104 Å². The number of rotatable bonds is 4. The fourth-order valence-corrected chi connectivity index (χ4v) is 9.27. The van der Waals surface area contributed by atoms with Gasteiger partial charge in [0.15, 0.2) is 0 Å². The Kier molecular flexibility index (Phi) is 6.33. The first-order chi connectivity index (χ1) is 25.3. The third-order valence-corrected chi connectivity index (χ3v) is 11.5. The van der Waals surface area contributed by atoms with Gasteiger partial charge in [-0.3, -0.25) is 0 Å². The molecule has 0 saturated heterocycles. The van der Waals surface area contributed by atoms with E-state index in [1.54, 1.807) is 0 Å². The van der Waals surface area contributed by atoms with Crippen molar-refractivity contribution in [2.24, 2.45) is 0 Å². The Morgan fingerprint density at radius 3 is 1.90 bits per heavy atom. The number of aromatic nitrogens is 3. The Balaban J connectivity index is 1.18. The van der Waals surface area contributed by atoms with Crippen molar-refractivity contribution in [3.8, 4) is 28.2 Å². The van der Waals surface area contributed by atoms with Gasteiger partial charge in [-0.2, -0.15) is 0 Å². The van der Waals surface area contributed by atoms with Gasteiger partial charge in [-0.1, -0.05) is 103 Å². The van der Waals surface area contributed by atoms with Crippen LogP contribution in [0.25, 0.3) is 84.0 Å². The van der Waals surface area contributed by atoms with E-state index in [1.165, 1.54) is 106 Å². The minimum Gasteiger partial charge on any atom is -0.313 e. The lowest BCUT2D eigenvalue weighted by atomic mass is 9.95. The molecule has 0 atom stereocenters. The van der Waals surface area contributed by atoms with Crippen LogP contribution in [0, 0.1) is 0 Å². The molecule has 244 valence electrons. The molecule has 51 heavy (non-hydrogen) atoms. The van der Waals surface area contributed by atoms with Crippen molar-refractivity contribution < 1.29 is 0 Å². The van der Waals surface area contributed by atoms with Crippen LogP contribution in [0.3, 0.4) is 0 Å². The van der Waals surface area contributed by atoms with Crippen molar-refractivity contribution in [3.05, 3.63) is 161 Å². The summed E-state index contributed by atoms with van der Waals surface area (Å²) in [6.07, 6.45) is 11.8. The Morgan fingerprint density at radius 2 is 1.10 bits per heavy atom. The van der Waals surface area contributed by atoms with E-state index in [0.717, 1.165) is 25.7 Å². The highest BCUT2D eigenvalue weighted by Gasteiger charge is 2.25. The number of benzene rings is 6. The number of fused-ring (bicyclic) bond motifs is 9. The maximum absolute atomic E-state index is 2.65. The van der Waals surface area contributed by atoms with E-state index in [0.29, 0.717) is 0 Å². The molecule has 6 aromatic carbocycles. The third kappa shape index (κ3) is 4.24. The first-order valence-corrected chi connectivity index (χ1v) is 18.5. The molecular formula is C48H37N3. The van der Waals surface area contributed by atoms with E-state index in [1.807, 2.05) is 0 Å². The number of aryl methyl sites for hydroxylation is 1. The van der Waals surface area contributed by atoms with Crippen LogP contribution in [0.15, 0.2) is 140 Å². The number of hydrogen-bond donors (Lipinski definition) is 0. The average Bonchev–Trinajstić information content (AvgIpc) is 3.84. The molecule has 0 spiro atoms. The molecule has 0 radical (unpaired) electrons. The molecule has 2 aliphatic rings. The van der Waals surface area contributed by atoms with Crippen molar-refractivity contribution in [2.75, 3.05) is 0 Å². The van der Waals surface area contributed by atoms with Gasteiger partial charge in [0.1, 0.15) is 0 Å². The summed E-state index contributed by atoms with van der Waals surface area (Å²) in [6, 6.07) is 51.7. The zero-order chi connectivity index (χ0) is 33.5. The highest BCUT2D eigenvalue weighted by Crippen LogP contribution is 2.39. The highest BCUT2D eigenvalue weighted by molar-refractivity contribution is 6.09. The lowest BCUT2D eigenvalue weighted by molar-refractivity contribution is 0.667. The predicted octanol–water partition coefficient (Wildman–Crippen LogP) is 10.6. The molecule has 0 N–H and O–H groups in total. The third-order valence-electron chi connectivity index (χ3n) is 11.5. The van der Waals surface area contributed by atoms with Crippen LogP contribution in [-0.2, 0) is 12.8 Å². The van der Waals surface area contributed by atoms with Gasteiger partial charge in [0, 0.05) is 49.2 Å². The number of para-hydroxylation sites is 2. The van der Waals surface area contributed by atoms with Gasteiger partial charge >= 0.3 is 0 Å². The summed E-state index contributed by atoms with van der Waals surface area (Å²) < 4.78 is 7.61. The molecule has 0 bridgehead atoms. The molecule has 3 nitrogen and oxygen atoms in total. The Morgan fingerprint density at radius 1 is 0.431 bits per heavy atom. The highest BCUT2D eigenvalue weighted by atomic mass is 15.0. The molecule has 11 rings (SSSR count). The molecule has 3 heteroatoms. The maximum Gasteiger partial charge on any atom is 0.0561 e. The second kappa shape index (κ2) is 11.2. The fourth-order valence-electron chi connectivity index (χ4n) is 9.27. The summed E-state index contributed by atoms with van der Waals surface area (Å²) in [7, 11) is 0. The van der Waals surface area contributed by atoms with E-state index in [4.69, 9.17) is 0 Å². The first-order valence-electron chi connectivity index (χ1n) is 18.5. The number of nitrogens with zero attached hydrogens (tertiary/aromatic N) is 3. The maximum atomic E-state index is 2.65. The van der Waals surface area contributed by atoms with Crippen molar-refractivity contribution >= 4 is 55.8 Å². The van der Waals surface area contributed by atoms with Gasteiger partial charge in [-0.25, -0.2) is 0 Å². The van der Waals surface area contributed by atoms with Crippen LogP contribution in [0.1, 0.15) is 36.9 Å². The molecule has 3 heterocycles. The van der Waals surface area contributed by atoms with E-state index < -0.39 is 0 Å². The smallest absolute Gasteiger partial charge is 0.0561 e.